The lowest BCUT2D eigenvalue weighted by atomic mass is 10.1. The summed E-state index contributed by atoms with van der Waals surface area (Å²) in [6.45, 7) is 6.12. The van der Waals surface area contributed by atoms with Gasteiger partial charge in [0.2, 0.25) is 10.0 Å². The van der Waals surface area contributed by atoms with E-state index in [2.05, 4.69) is 18.6 Å². The summed E-state index contributed by atoms with van der Waals surface area (Å²) < 4.78 is 27.1. The Bertz CT molecular complexity index is 551. The van der Waals surface area contributed by atoms with Crippen LogP contribution in [0.5, 0.6) is 0 Å². The van der Waals surface area contributed by atoms with Crippen molar-refractivity contribution >= 4 is 27.2 Å². The molecule has 3 N–H and O–H groups in total. The fourth-order valence-electron chi connectivity index (χ4n) is 1.77. The van der Waals surface area contributed by atoms with Gasteiger partial charge in [-0.15, -0.1) is 0 Å². The number of nitrogens with two attached hydrogens (primary N) is 1. The van der Waals surface area contributed by atoms with Crippen molar-refractivity contribution in [3.63, 3.8) is 0 Å². The first-order valence-electron chi connectivity index (χ1n) is 6.64. The van der Waals surface area contributed by atoms with E-state index in [1.807, 2.05) is 6.92 Å². The first-order chi connectivity index (χ1) is 9.22. The zero-order valence-electron chi connectivity index (χ0n) is 12.1. The van der Waals surface area contributed by atoms with Crippen LogP contribution in [0.1, 0.15) is 39.2 Å². The number of nitrogens with one attached hydrogen (secondary N) is 1. The van der Waals surface area contributed by atoms with Crippen LogP contribution in [0.3, 0.4) is 0 Å². The van der Waals surface area contributed by atoms with Gasteiger partial charge in [0.1, 0.15) is 4.99 Å². The van der Waals surface area contributed by atoms with Crippen molar-refractivity contribution in [2.45, 2.75) is 44.6 Å². The zero-order valence-corrected chi connectivity index (χ0v) is 13.7. The lowest BCUT2D eigenvalue weighted by Crippen LogP contribution is -2.32. The molecule has 4 nitrogen and oxygen atoms in total. The Kier molecular flexibility index (Phi) is 6.10. The van der Waals surface area contributed by atoms with Crippen LogP contribution in [-0.2, 0) is 10.0 Å². The number of thiocarbonyl (C=S) groups is 1. The zero-order chi connectivity index (χ0) is 15.3. The number of hydrogen-bond acceptors (Lipinski definition) is 3. The second-order valence-electron chi connectivity index (χ2n) is 5.38. The van der Waals surface area contributed by atoms with Crippen LogP contribution in [0, 0.1) is 5.92 Å². The van der Waals surface area contributed by atoms with Crippen LogP contribution < -0.4 is 10.5 Å². The molecule has 0 saturated carbocycles. The average molecular weight is 314 g/mol. The summed E-state index contributed by atoms with van der Waals surface area (Å²) in [6, 6.07) is 6.20. The normalized spacial score (nSPS) is 13.4. The summed E-state index contributed by atoms with van der Waals surface area (Å²) >= 11 is 4.84. The molecular weight excluding hydrogens is 292 g/mol. The van der Waals surface area contributed by atoms with E-state index in [-0.39, 0.29) is 15.9 Å². The Hall–Kier alpha value is -0.980. The Morgan fingerprint density at radius 1 is 1.20 bits per heavy atom. The fraction of sp³-hybridized carbons (Fsp3) is 0.500. The van der Waals surface area contributed by atoms with Crippen molar-refractivity contribution in [1.29, 1.82) is 0 Å². The predicted octanol–water partition coefficient (Wildman–Crippen LogP) is 2.42. The van der Waals surface area contributed by atoms with Crippen LogP contribution in [-0.4, -0.2) is 19.4 Å². The molecule has 0 fully saturated rings. The minimum Gasteiger partial charge on any atom is -0.389 e. The van der Waals surface area contributed by atoms with Gasteiger partial charge >= 0.3 is 0 Å². The smallest absolute Gasteiger partial charge is 0.240 e. The Morgan fingerprint density at radius 3 is 2.20 bits per heavy atom. The summed E-state index contributed by atoms with van der Waals surface area (Å²) in [4.78, 5) is 0.487. The van der Waals surface area contributed by atoms with Gasteiger partial charge in [0.25, 0.3) is 0 Å². The summed E-state index contributed by atoms with van der Waals surface area (Å²) in [5.41, 5.74) is 6.15. The third-order valence-electron chi connectivity index (χ3n) is 2.98. The SMILES string of the molecule is CC(C)CCC(C)NS(=O)(=O)c1ccc(C(N)=S)cc1. The molecule has 0 aliphatic heterocycles. The maximum absolute atomic E-state index is 12.2. The highest BCUT2D eigenvalue weighted by Crippen LogP contribution is 2.13. The number of hydrogen-bond donors (Lipinski definition) is 2. The van der Waals surface area contributed by atoms with E-state index in [1.165, 1.54) is 12.1 Å². The molecule has 0 aliphatic rings. The predicted molar refractivity (Wildman–Crippen MR) is 86.2 cm³/mol. The van der Waals surface area contributed by atoms with Crippen LogP contribution >= 0.6 is 12.2 Å². The van der Waals surface area contributed by atoms with Gasteiger partial charge < -0.3 is 5.73 Å². The second-order valence-corrected chi connectivity index (χ2v) is 7.54. The minimum absolute atomic E-state index is 0.0855. The van der Waals surface area contributed by atoms with Gasteiger partial charge in [-0.25, -0.2) is 13.1 Å². The molecule has 0 aliphatic carbocycles. The van der Waals surface area contributed by atoms with Crippen LogP contribution in [0.25, 0.3) is 0 Å². The second kappa shape index (κ2) is 7.15. The van der Waals surface area contributed by atoms with Crippen molar-refractivity contribution in [1.82, 2.24) is 4.72 Å². The van der Waals surface area contributed by atoms with Gasteiger partial charge in [0.05, 0.1) is 4.90 Å². The highest BCUT2D eigenvalue weighted by Gasteiger charge is 2.17. The molecule has 1 aromatic carbocycles. The van der Waals surface area contributed by atoms with E-state index in [9.17, 15) is 8.42 Å². The summed E-state index contributed by atoms with van der Waals surface area (Å²) in [5.74, 6) is 0.562. The fourth-order valence-corrected chi connectivity index (χ4v) is 3.19. The molecule has 6 heteroatoms. The number of benzene rings is 1. The van der Waals surface area contributed by atoms with Gasteiger partial charge in [-0.05, 0) is 37.8 Å². The van der Waals surface area contributed by atoms with Gasteiger partial charge in [0.15, 0.2) is 0 Å². The molecule has 0 radical (unpaired) electrons. The Labute approximate surface area is 126 Å². The van der Waals surface area contributed by atoms with Crippen molar-refractivity contribution in [2.75, 3.05) is 0 Å². The van der Waals surface area contributed by atoms with E-state index >= 15 is 0 Å². The van der Waals surface area contributed by atoms with Crippen LogP contribution in [0.4, 0.5) is 0 Å². The van der Waals surface area contributed by atoms with E-state index < -0.39 is 10.0 Å². The molecule has 1 rings (SSSR count). The van der Waals surface area contributed by atoms with Crippen LogP contribution in [0.2, 0.25) is 0 Å². The van der Waals surface area contributed by atoms with Gasteiger partial charge in [0, 0.05) is 11.6 Å². The molecule has 0 heterocycles. The minimum atomic E-state index is -3.48. The summed E-state index contributed by atoms with van der Waals surface area (Å²) in [6.07, 6.45) is 1.81. The molecule has 0 spiro atoms. The number of sulfonamides is 1. The first kappa shape index (κ1) is 17.1. The van der Waals surface area contributed by atoms with Crippen molar-refractivity contribution < 1.29 is 8.42 Å². The quantitative estimate of drug-likeness (QED) is 0.758. The molecule has 0 saturated heterocycles. The average Bonchev–Trinajstić information content (AvgIpc) is 2.36. The van der Waals surface area contributed by atoms with Gasteiger partial charge in [-0.1, -0.05) is 38.2 Å². The largest absolute Gasteiger partial charge is 0.389 e. The molecular formula is C14H22N2O2S2. The number of rotatable bonds is 7. The lowest BCUT2D eigenvalue weighted by Gasteiger charge is -2.15. The van der Waals surface area contributed by atoms with Crippen molar-refractivity contribution in [3.05, 3.63) is 29.8 Å². The third kappa shape index (κ3) is 5.19. The first-order valence-corrected chi connectivity index (χ1v) is 8.53. The maximum atomic E-state index is 12.2. The maximum Gasteiger partial charge on any atom is 0.240 e. The van der Waals surface area contributed by atoms with E-state index in [4.69, 9.17) is 18.0 Å². The van der Waals surface area contributed by atoms with E-state index in [0.29, 0.717) is 11.5 Å². The molecule has 20 heavy (non-hydrogen) atoms. The molecule has 0 bridgehead atoms. The van der Waals surface area contributed by atoms with E-state index in [1.54, 1.807) is 12.1 Å². The molecule has 0 amide bonds. The lowest BCUT2D eigenvalue weighted by molar-refractivity contribution is 0.485. The molecule has 1 atom stereocenters. The highest BCUT2D eigenvalue weighted by atomic mass is 32.2. The Balaban J connectivity index is 2.75. The summed E-state index contributed by atoms with van der Waals surface area (Å²) in [5, 5.41) is 0. The standard InChI is InChI=1S/C14H22N2O2S2/c1-10(2)4-5-11(3)16-20(17,18)13-8-6-12(7-9-13)14(15)19/h6-11,16H,4-5H2,1-3H3,(H2,15,19). The Morgan fingerprint density at radius 2 is 1.75 bits per heavy atom. The summed E-state index contributed by atoms with van der Waals surface area (Å²) in [7, 11) is -3.48. The van der Waals surface area contributed by atoms with E-state index in [0.717, 1.165) is 12.8 Å². The third-order valence-corrected chi connectivity index (χ3v) is 4.82. The molecule has 1 aromatic rings. The van der Waals surface area contributed by atoms with Gasteiger partial charge in [-0.2, -0.15) is 0 Å². The van der Waals surface area contributed by atoms with Gasteiger partial charge in [-0.3, -0.25) is 0 Å². The molecule has 112 valence electrons. The van der Waals surface area contributed by atoms with Crippen molar-refractivity contribution in [2.24, 2.45) is 11.7 Å². The highest BCUT2D eigenvalue weighted by molar-refractivity contribution is 7.89. The van der Waals surface area contributed by atoms with Crippen molar-refractivity contribution in [3.8, 4) is 0 Å². The monoisotopic (exact) mass is 314 g/mol. The van der Waals surface area contributed by atoms with Crippen LogP contribution in [0.15, 0.2) is 29.2 Å². The molecule has 0 aromatic heterocycles. The topological polar surface area (TPSA) is 72.2 Å². The molecule has 1 unspecified atom stereocenters.